The van der Waals surface area contributed by atoms with Gasteiger partial charge in [-0.25, -0.2) is 13.2 Å². The van der Waals surface area contributed by atoms with Gasteiger partial charge in [0.05, 0.1) is 26.7 Å². The maximum atomic E-state index is 12.8. The van der Waals surface area contributed by atoms with E-state index < -0.39 is 28.0 Å². The molecular formula is C23H24ClN3O5S. The van der Waals surface area contributed by atoms with Crippen LogP contribution < -0.4 is 5.32 Å². The number of carbonyl (C=O) groups excluding carboxylic acids is 2. The van der Waals surface area contributed by atoms with Crippen LogP contribution in [0, 0.1) is 0 Å². The number of sulfonamides is 1. The van der Waals surface area contributed by atoms with E-state index in [1.807, 2.05) is 0 Å². The van der Waals surface area contributed by atoms with Gasteiger partial charge in [0.1, 0.15) is 0 Å². The van der Waals surface area contributed by atoms with Crippen LogP contribution in [0.5, 0.6) is 0 Å². The minimum atomic E-state index is -3.74. The van der Waals surface area contributed by atoms with Crippen molar-refractivity contribution in [3.8, 4) is 0 Å². The van der Waals surface area contributed by atoms with Crippen molar-refractivity contribution in [3.63, 3.8) is 0 Å². The van der Waals surface area contributed by atoms with E-state index in [0.717, 1.165) is 0 Å². The van der Waals surface area contributed by atoms with E-state index in [1.165, 1.54) is 29.4 Å². The van der Waals surface area contributed by atoms with Crippen molar-refractivity contribution in [3.05, 3.63) is 65.3 Å². The van der Waals surface area contributed by atoms with Crippen molar-refractivity contribution in [2.24, 2.45) is 0 Å². The van der Waals surface area contributed by atoms with Gasteiger partial charge in [-0.3, -0.25) is 9.78 Å². The van der Waals surface area contributed by atoms with Crippen molar-refractivity contribution < 1.29 is 22.7 Å². The molecule has 10 heteroatoms. The lowest BCUT2D eigenvalue weighted by molar-refractivity contribution is -0.123. The molecule has 2 aromatic carbocycles. The minimum absolute atomic E-state index is 0.00111. The van der Waals surface area contributed by atoms with E-state index in [2.05, 4.69) is 10.3 Å². The molecule has 3 rings (SSSR count). The molecule has 1 heterocycles. The second kappa shape index (κ2) is 10.3. The average Bonchev–Trinajstić information content (AvgIpc) is 2.80. The van der Waals surface area contributed by atoms with E-state index in [0.29, 0.717) is 24.0 Å². The molecular weight excluding hydrogens is 466 g/mol. The topological polar surface area (TPSA) is 106 Å². The lowest BCUT2D eigenvalue weighted by atomic mass is 10.1. The Kier molecular flexibility index (Phi) is 7.68. The fourth-order valence-electron chi connectivity index (χ4n) is 3.27. The molecule has 0 aliphatic heterocycles. The smallest absolute Gasteiger partial charge is 0.339 e. The van der Waals surface area contributed by atoms with Gasteiger partial charge >= 0.3 is 5.97 Å². The highest BCUT2D eigenvalue weighted by Gasteiger charge is 2.25. The molecule has 0 aliphatic carbocycles. The summed E-state index contributed by atoms with van der Waals surface area (Å²) in [6, 6.07) is 12.6. The number of carbonyl (C=O) groups is 2. The van der Waals surface area contributed by atoms with Crippen LogP contribution in [0.1, 0.15) is 31.1 Å². The molecule has 0 bridgehead atoms. The second-order valence-electron chi connectivity index (χ2n) is 7.14. The number of esters is 1. The molecule has 1 amide bonds. The fraction of sp³-hybridized carbons (Fsp3) is 0.261. The van der Waals surface area contributed by atoms with Crippen LogP contribution in [-0.4, -0.2) is 48.8 Å². The first-order valence-corrected chi connectivity index (χ1v) is 12.2. The predicted octanol–water partition coefficient (Wildman–Crippen LogP) is 4.10. The molecule has 3 aromatic rings. The van der Waals surface area contributed by atoms with Gasteiger partial charge in [0, 0.05) is 24.7 Å². The molecule has 174 valence electrons. The zero-order valence-electron chi connectivity index (χ0n) is 18.4. The number of nitrogens with one attached hydrogen (secondary N) is 1. The Morgan fingerprint density at radius 3 is 2.55 bits per heavy atom. The van der Waals surface area contributed by atoms with Crippen LogP contribution in [0.3, 0.4) is 0 Å². The SMILES string of the molecule is CCN(CC)S(=O)(=O)c1ccc(Cl)c(NC(=O)C(C)OC(=O)c2cccc3ncccc23)c1. The molecule has 1 atom stereocenters. The van der Waals surface area contributed by atoms with E-state index in [-0.39, 0.29) is 21.2 Å². The average molecular weight is 490 g/mol. The maximum absolute atomic E-state index is 12.8. The summed E-state index contributed by atoms with van der Waals surface area (Å²) in [5, 5.41) is 3.31. The summed E-state index contributed by atoms with van der Waals surface area (Å²) in [7, 11) is -3.74. The van der Waals surface area contributed by atoms with Crippen molar-refractivity contribution in [2.45, 2.75) is 31.8 Å². The Balaban J connectivity index is 1.78. The lowest BCUT2D eigenvalue weighted by Gasteiger charge is -2.19. The third kappa shape index (κ3) is 5.32. The first-order valence-electron chi connectivity index (χ1n) is 10.3. The monoisotopic (exact) mass is 489 g/mol. The molecule has 1 N–H and O–H groups in total. The predicted molar refractivity (Wildman–Crippen MR) is 127 cm³/mol. The Hall–Kier alpha value is -3.01. The van der Waals surface area contributed by atoms with Crippen LogP contribution >= 0.6 is 11.6 Å². The fourth-order valence-corrected chi connectivity index (χ4v) is 4.92. The van der Waals surface area contributed by atoms with Gasteiger partial charge in [-0.1, -0.05) is 37.6 Å². The van der Waals surface area contributed by atoms with Gasteiger partial charge in [0.2, 0.25) is 10.0 Å². The molecule has 0 radical (unpaired) electrons. The van der Waals surface area contributed by atoms with Gasteiger partial charge in [-0.15, -0.1) is 0 Å². The number of halogens is 1. The van der Waals surface area contributed by atoms with E-state index in [1.54, 1.807) is 50.4 Å². The highest BCUT2D eigenvalue weighted by molar-refractivity contribution is 7.89. The number of pyridine rings is 1. The first kappa shape index (κ1) is 24.6. The third-order valence-electron chi connectivity index (χ3n) is 5.06. The van der Waals surface area contributed by atoms with Crippen molar-refractivity contribution in [1.29, 1.82) is 0 Å². The second-order valence-corrected chi connectivity index (χ2v) is 9.49. The number of benzene rings is 2. The minimum Gasteiger partial charge on any atom is -0.449 e. The Labute approximate surface area is 197 Å². The van der Waals surface area contributed by atoms with Gasteiger partial charge in [-0.05, 0) is 43.3 Å². The highest BCUT2D eigenvalue weighted by Crippen LogP contribution is 2.27. The maximum Gasteiger partial charge on any atom is 0.339 e. The summed E-state index contributed by atoms with van der Waals surface area (Å²) in [6.45, 7) is 5.50. The molecule has 1 aromatic heterocycles. The van der Waals surface area contributed by atoms with E-state index >= 15 is 0 Å². The lowest BCUT2D eigenvalue weighted by Crippen LogP contribution is -2.31. The van der Waals surface area contributed by atoms with Gasteiger partial charge in [0.15, 0.2) is 6.10 Å². The number of hydrogen-bond donors (Lipinski definition) is 1. The largest absolute Gasteiger partial charge is 0.449 e. The molecule has 0 spiro atoms. The molecule has 0 saturated heterocycles. The summed E-state index contributed by atoms with van der Waals surface area (Å²) in [4.78, 5) is 29.6. The number of hydrogen-bond acceptors (Lipinski definition) is 6. The first-order chi connectivity index (χ1) is 15.7. The van der Waals surface area contributed by atoms with Crippen LogP contribution in [-0.2, 0) is 19.6 Å². The van der Waals surface area contributed by atoms with Crippen molar-refractivity contribution >= 4 is 50.1 Å². The number of nitrogens with zero attached hydrogens (tertiary/aromatic N) is 2. The number of aromatic nitrogens is 1. The third-order valence-corrected chi connectivity index (χ3v) is 7.43. The summed E-state index contributed by atoms with van der Waals surface area (Å²) in [5.74, 6) is -1.33. The van der Waals surface area contributed by atoms with Gasteiger partial charge in [-0.2, -0.15) is 4.31 Å². The summed E-state index contributed by atoms with van der Waals surface area (Å²) < 4.78 is 32.2. The Bertz CT molecular complexity index is 1290. The van der Waals surface area contributed by atoms with Gasteiger partial charge < -0.3 is 10.1 Å². The number of ether oxygens (including phenoxy) is 1. The van der Waals surface area contributed by atoms with Crippen molar-refractivity contribution in [2.75, 3.05) is 18.4 Å². The van der Waals surface area contributed by atoms with Crippen LogP contribution in [0.2, 0.25) is 5.02 Å². The zero-order chi connectivity index (χ0) is 24.2. The van der Waals surface area contributed by atoms with Crippen LogP contribution in [0.25, 0.3) is 10.9 Å². The normalized spacial score (nSPS) is 12.5. The van der Waals surface area contributed by atoms with Crippen LogP contribution in [0.15, 0.2) is 59.6 Å². The molecule has 0 aliphatic rings. The van der Waals surface area contributed by atoms with E-state index in [9.17, 15) is 18.0 Å². The Morgan fingerprint density at radius 1 is 1.12 bits per heavy atom. The number of anilines is 1. The molecule has 0 fully saturated rings. The summed E-state index contributed by atoms with van der Waals surface area (Å²) >= 11 is 6.17. The number of rotatable bonds is 8. The molecule has 33 heavy (non-hydrogen) atoms. The van der Waals surface area contributed by atoms with Gasteiger partial charge in [0.25, 0.3) is 5.91 Å². The quantitative estimate of drug-likeness (QED) is 0.477. The highest BCUT2D eigenvalue weighted by atomic mass is 35.5. The summed E-state index contributed by atoms with van der Waals surface area (Å²) in [5.41, 5.74) is 1.01. The summed E-state index contributed by atoms with van der Waals surface area (Å²) in [6.07, 6.45) is 0.453. The standard InChI is InChI=1S/C23H24ClN3O5S/c1-4-27(5-2)33(30,31)16-11-12-19(24)21(14-16)26-22(28)15(3)32-23(29)18-8-6-10-20-17(18)9-7-13-25-20/h6-15H,4-5H2,1-3H3,(H,26,28). The number of amides is 1. The molecule has 1 unspecified atom stereocenters. The van der Waals surface area contributed by atoms with E-state index in [4.69, 9.17) is 16.3 Å². The molecule has 0 saturated carbocycles. The Morgan fingerprint density at radius 2 is 1.85 bits per heavy atom. The number of fused-ring (bicyclic) bond motifs is 1. The van der Waals surface area contributed by atoms with Crippen molar-refractivity contribution in [1.82, 2.24) is 9.29 Å². The molecule has 8 nitrogen and oxygen atoms in total. The van der Waals surface area contributed by atoms with Crippen LogP contribution in [0.4, 0.5) is 5.69 Å². The zero-order valence-corrected chi connectivity index (χ0v) is 20.0.